The van der Waals surface area contributed by atoms with Crippen LogP contribution < -0.4 is 9.47 Å². The summed E-state index contributed by atoms with van der Waals surface area (Å²) in [5.41, 5.74) is 1.62. The second kappa shape index (κ2) is 6.32. The van der Waals surface area contributed by atoms with Crippen molar-refractivity contribution in [3.05, 3.63) is 59.7 Å². The average molecular weight is 316 g/mol. The van der Waals surface area contributed by atoms with Crippen LogP contribution in [0.15, 0.2) is 48.5 Å². The molecule has 0 spiro atoms. The molecule has 2 aromatic rings. The van der Waals surface area contributed by atoms with Crippen molar-refractivity contribution in [3.8, 4) is 11.5 Å². The van der Waals surface area contributed by atoms with Crippen LogP contribution in [-0.2, 0) is 15.6 Å². The highest BCUT2D eigenvalue weighted by Gasteiger charge is 2.32. The van der Waals surface area contributed by atoms with Crippen LogP contribution >= 0.6 is 0 Å². The molecule has 0 saturated carbocycles. The average Bonchev–Trinajstić information content (AvgIpc) is 2.64. The van der Waals surface area contributed by atoms with E-state index in [1.165, 1.54) is 0 Å². The fraction of sp³-hybridized carbons (Fsp3) is 0.235. The smallest absolute Gasteiger partial charge is 0.324 e. The minimum Gasteiger partial charge on any atom is -0.490 e. The first-order valence-electron chi connectivity index (χ1n) is 7.09. The van der Waals surface area contributed by atoms with Crippen LogP contribution in [0.2, 0.25) is 0 Å². The van der Waals surface area contributed by atoms with E-state index in [0.29, 0.717) is 18.1 Å². The molecule has 0 bridgehead atoms. The highest BCUT2D eigenvalue weighted by molar-refractivity contribution is 7.86. The lowest BCUT2D eigenvalue weighted by molar-refractivity contribution is -0.131. The van der Waals surface area contributed by atoms with Crippen molar-refractivity contribution >= 4 is 16.8 Å². The molecule has 5 heteroatoms. The van der Waals surface area contributed by atoms with Crippen LogP contribution in [0.3, 0.4) is 0 Å². The van der Waals surface area contributed by atoms with E-state index < -0.39 is 22.0 Å². The minimum absolute atomic E-state index is 0.125. The van der Waals surface area contributed by atoms with Crippen molar-refractivity contribution in [2.45, 2.75) is 12.2 Å². The zero-order valence-corrected chi connectivity index (χ0v) is 13.0. The predicted molar refractivity (Wildman–Crippen MR) is 84.5 cm³/mol. The Hall–Kier alpha value is -2.14. The van der Waals surface area contributed by atoms with Crippen molar-refractivity contribution in [3.63, 3.8) is 0 Å². The van der Waals surface area contributed by atoms with E-state index in [2.05, 4.69) is 0 Å². The predicted octanol–water partition coefficient (Wildman–Crippen LogP) is 2.84. The lowest BCUT2D eigenvalue weighted by Crippen LogP contribution is -2.16. The van der Waals surface area contributed by atoms with Gasteiger partial charge in [-0.25, -0.2) is 0 Å². The van der Waals surface area contributed by atoms with E-state index in [1.807, 2.05) is 49.4 Å². The number of rotatable bonds is 3. The quantitative estimate of drug-likeness (QED) is 0.645. The summed E-state index contributed by atoms with van der Waals surface area (Å²) < 4.78 is 23.6. The maximum Gasteiger partial charge on any atom is 0.324 e. The number of para-hydroxylation sites is 1. The van der Waals surface area contributed by atoms with Gasteiger partial charge in [-0.3, -0.25) is 9.00 Å². The highest BCUT2D eigenvalue weighted by Crippen LogP contribution is 2.42. The summed E-state index contributed by atoms with van der Waals surface area (Å²) in [5.74, 6) is 0.271. The molecule has 4 nitrogen and oxygen atoms in total. The summed E-state index contributed by atoms with van der Waals surface area (Å²) in [7, 11) is -1.38. The van der Waals surface area contributed by atoms with E-state index in [0.717, 1.165) is 11.1 Å². The molecule has 0 amide bonds. The molecule has 1 heterocycles. The normalized spacial score (nSPS) is 20.7. The van der Waals surface area contributed by atoms with Gasteiger partial charge in [0.1, 0.15) is 5.75 Å². The number of esters is 1. The van der Waals surface area contributed by atoms with Gasteiger partial charge >= 0.3 is 5.97 Å². The molecular weight excluding hydrogens is 300 g/mol. The highest BCUT2D eigenvalue weighted by atomic mass is 32.2. The summed E-state index contributed by atoms with van der Waals surface area (Å²) in [6.07, 6.45) is 0. The molecule has 0 radical (unpaired) electrons. The zero-order chi connectivity index (χ0) is 15.5. The molecule has 2 atom stereocenters. The second-order valence-corrected chi connectivity index (χ2v) is 6.42. The van der Waals surface area contributed by atoms with Crippen LogP contribution in [0.1, 0.15) is 23.3 Å². The van der Waals surface area contributed by atoms with Gasteiger partial charge < -0.3 is 9.47 Å². The molecule has 1 aliphatic heterocycles. The molecule has 3 rings (SSSR count). The summed E-state index contributed by atoms with van der Waals surface area (Å²) in [5, 5.41) is -0.400. The van der Waals surface area contributed by atoms with E-state index in [4.69, 9.17) is 9.47 Å². The molecule has 22 heavy (non-hydrogen) atoms. The lowest BCUT2D eigenvalue weighted by atomic mass is 10.0. The summed E-state index contributed by atoms with van der Waals surface area (Å²) in [6.45, 7) is 2.33. The van der Waals surface area contributed by atoms with Gasteiger partial charge in [-0.1, -0.05) is 42.5 Å². The first kappa shape index (κ1) is 14.8. The van der Waals surface area contributed by atoms with E-state index in [-0.39, 0.29) is 5.75 Å². The van der Waals surface area contributed by atoms with Gasteiger partial charge in [-0.2, -0.15) is 0 Å². The van der Waals surface area contributed by atoms with Gasteiger partial charge in [-0.05, 0) is 18.6 Å². The van der Waals surface area contributed by atoms with Gasteiger partial charge in [0.15, 0.2) is 11.5 Å². The summed E-state index contributed by atoms with van der Waals surface area (Å²) in [4.78, 5) is 11.9. The van der Waals surface area contributed by atoms with Crippen LogP contribution in [0.5, 0.6) is 11.5 Å². The van der Waals surface area contributed by atoms with Crippen LogP contribution in [-0.4, -0.2) is 22.5 Å². The number of benzene rings is 2. The molecule has 0 unspecified atom stereocenters. The van der Waals surface area contributed by atoms with Crippen LogP contribution in [0, 0.1) is 0 Å². The third-order valence-electron chi connectivity index (χ3n) is 3.43. The number of hydrogen-bond donors (Lipinski definition) is 0. The zero-order valence-electron chi connectivity index (χ0n) is 12.2. The standard InChI is InChI=1S/C17H16O4S/c1-2-20-14-10-6-9-13-16(14)21-15(18)11-22(19)17(13)12-7-4-3-5-8-12/h3-10,17H,2,11H2,1H3/t17-,22-/m0/s1. The van der Waals surface area contributed by atoms with Crippen LogP contribution in [0.4, 0.5) is 0 Å². The number of ether oxygens (including phenoxy) is 2. The van der Waals surface area contributed by atoms with Gasteiger partial charge in [0.05, 0.1) is 11.9 Å². The molecular formula is C17H16O4S. The molecule has 0 N–H and O–H groups in total. The molecule has 0 saturated heterocycles. The monoisotopic (exact) mass is 316 g/mol. The third kappa shape index (κ3) is 2.76. The molecule has 0 aromatic heterocycles. The number of fused-ring (bicyclic) bond motifs is 1. The van der Waals surface area contributed by atoms with Crippen molar-refractivity contribution in [1.82, 2.24) is 0 Å². The molecule has 0 fully saturated rings. The molecule has 2 aromatic carbocycles. The summed E-state index contributed by atoms with van der Waals surface area (Å²) >= 11 is 0. The first-order chi connectivity index (χ1) is 10.7. The Morgan fingerprint density at radius 2 is 1.95 bits per heavy atom. The Labute approximate surface area is 131 Å². The number of hydrogen-bond acceptors (Lipinski definition) is 4. The van der Waals surface area contributed by atoms with Gasteiger partial charge in [0, 0.05) is 16.4 Å². The van der Waals surface area contributed by atoms with Gasteiger partial charge in [-0.15, -0.1) is 0 Å². The largest absolute Gasteiger partial charge is 0.490 e. The molecule has 0 aliphatic carbocycles. The first-order valence-corrected chi connectivity index (χ1v) is 8.47. The summed E-state index contributed by atoms with van der Waals surface area (Å²) in [6, 6.07) is 14.9. The Morgan fingerprint density at radius 3 is 2.68 bits per heavy atom. The Balaban J connectivity index is 2.18. The van der Waals surface area contributed by atoms with Crippen molar-refractivity contribution < 1.29 is 18.5 Å². The van der Waals surface area contributed by atoms with E-state index in [9.17, 15) is 9.00 Å². The molecule has 1 aliphatic rings. The van der Waals surface area contributed by atoms with Crippen molar-refractivity contribution in [2.75, 3.05) is 12.4 Å². The maximum atomic E-state index is 12.6. The minimum atomic E-state index is -1.38. The SMILES string of the molecule is CCOc1cccc2c1OC(=O)C[S@](=O)[C@H]2c1ccccc1. The third-order valence-corrected chi connectivity index (χ3v) is 5.00. The Bertz CT molecular complexity index is 712. The molecule has 114 valence electrons. The number of carbonyl (C=O) groups excluding carboxylic acids is 1. The topological polar surface area (TPSA) is 52.6 Å². The van der Waals surface area contributed by atoms with Crippen molar-refractivity contribution in [2.24, 2.45) is 0 Å². The fourth-order valence-corrected chi connectivity index (χ4v) is 3.95. The maximum absolute atomic E-state index is 12.6. The van der Waals surface area contributed by atoms with Gasteiger partial charge in [0.2, 0.25) is 0 Å². The Morgan fingerprint density at radius 1 is 1.18 bits per heavy atom. The van der Waals surface area contributed by atoms with Crippen LogP contribution in [0.25, 0.3) is 0 Å². The second-order valence-electron chi connectivity index (χ2n) is 4.90. The van der Waals surface area contributed by atoms with E-state index >= 15 is 0 Å². The lowest BCUT2D eigenvalue weighted by Gasteiger charge is -2.17. The van der Waals surface area contributed by atoms with Gasteiger partial charge in [0.25, 0.3) is 0 Å². The number of carbonyl (C=O) groups is 1. The van der Waals surface area contributed by atoms with E-state index in [1.54, 1.807) is 6.07 Å². The van der Waals surface area contributed by atoms with Crippen molar-refractivity contribution in [1.29, 1.82) is 0 Å². The fourth-order valence-electron chi connectivity index (χ4n) is 2.56. The Kier molecular flexibility index (Phi) is 4.24.